The topological polar surface area (TPSA) is 71.3 Å². The highest BCUT2D eigenvalue weighted by Gasteiger charge is 2.00. The van der Waals surface area contributed by atoms with Gasteiger partial charge < -0.3 is 29.4 Å². The summed E-state index contributed by atoms with van der Waals surface area (Å²) in [6.45, 7) is 5.49. The summed E-state index contributed by atoms with van der Waals surface area (Å²) >= 11 is 0. The lowest BCUT2D eigenvalue weighted by molar-refractivity contribution is 0.105. The summed E-state index contributed by atoms with van der Waals surface area (Å²) in [7, 11) is 5.57. The number of hydrogen-bond acceptors (Lipinski definition) is 5. The van der Waals surface area contributed by atoms with Crippen molar-refractivity contribution >= 4 is 29.9 Å². The Balaban J connectivity index is 0.00000529. The van der Waals surface area contributed by atoms with Gasteiger partial charge in [0.15, 0.2) is 5.96 Å². The van der Waals surface area contributed by atoms with Crippen LogP contribution in [0.4, 0.5) is 0 Å². The summed E-state index contributed by atoms with van der Waals surface area (Å²) < 4.78 is 15.8. The van der Waals surface area contributed by atoms with Crippen LogP contribution >= 0.6 is 24.0 Å². The van der Waals surface area contributed by atoms with Gasteiger partial charge in [0.2, 0.25) is 0 Å². The molecule has 0 saturated carbocycles. The molecule has 1 rings (SSSR count). The second kappa shape index (κ2) is 15.7. The summed E-state index contributed by atoms with van der Waals surface area (Å²) in [5.41, 5.74) is 0. The fraction of sp³-hybridized carbons (Fsp3) is 0.688. The van der Waals surface area contributed by atoms with E-state index in [0.29, 0.717) is 13.2 Å². The zero-order valence-corrected chi connectivity index (χ0v) is 17.2. The Bertz CT molecular complexity index is 415. The molecule has 0 atom stereocenters. The van der Waals surface area contributed by atoms with Crippen LogP contribution in [0.2, 0.25) is 0 Å². The molecule has 0 aromatic carbocycles. The first-order valence-electron chi connectivity index (χ1n) is 7.98. The average molecular weight is 454 g/mol. The van der Waals surface area contributed by atoms with Crippen LogP contribution in [0.25, 0.3) is 0 Å². The number of furan rings is 1. The molecule has 0 radical (unpaired) electrons. The van der Waals surface area contributed by atoms with Crippen LogP contribution in [-0.4, -0.2) is 71.5 Å². The highest BCUT2D eigenvalue weighted by Crippen LogP contribution is 2.01. The lowest BCUT2D eigenvalue weighted by atomic mass is 10.4. The van der Waals surface area contributed by atoms with Gasteiger partial charge >= 0.3 is 0 Å². The van der Waals surface area contributed by atoms with Crippen molar-refractivity contribution < 1.29 is 13.9 Å². The van der Waals surface area contributed by atoms with Crippen LogP contribution in [-0.2, 0) is 16.1 Å². The van der Waals surface area contributed by atoms with E-state index in [1.807, 2.05) is 12.1 Å². The van der Waals surface area contributed by atoms with E-state index in [4.69, 9.17) is 13.9 Å². The van der Waals surface area contributed by atoms with Crippen molar-refractivity contribution in [1.82, 2.24) is 15.5 Å². The van der Waals surface area contributed by atoms with Crippen molar-refractivity contribution in [3.63, 3.8) is 0 Å². The van der Waals surface area contributed by atoms with Gasteiger partial charge in [0.1, 0.15) is 12.4 Å². The van der Waals surface area contributed by atoms with Gasteiger partial charge in [-0.1, -0.05) is 0 Å². The van der Waals surface area contributed by atoms with Crippen molar-refractivity contribution in [2.45, 2.75) is 13.0 Å². The van der Waals surface area contributed by atoms with Gasteiger partial charge in [-0.05, 0) is 25.6 Å². The lowest BCUT2D eigenvalue weighted by Gasteiger charge is -2.17. The molecule has 1 aromatic heterocycles. The standard InChI is InChI=1S/C16H30N4O3.HI/c1-17-16(19-8-9-20(2)10-13-21-3)18-7-5-11-22-14-15-6-4-12-23-15;/h4,6,12H,5,7-11,13-14H2,1-3H3,(H2,17,18,19);1H. The highest BCUT2D eigenvalue weighted by atomic mass is 127. The number of halogens is 1. The molecule has 0 aliphatic carbocycles. The maximum absolute atomic E-state index is 5.53. The van der Waals surface area contributed by atoms with Crippen LogP contribution in [0.15, 0.2) is 27.8 Å². The fourth-order valence-electron chi connectivity index (χ4n) is 1.89. The lowest BCUT2D eigenvalue weighted by Crippen LogP contribution is -2.41. The number of nitrogens with one attached hydrogen (secondary N) is 2. The Morgan fingerprint density at radius 1 is 1.25 bits per heavy atom. The number of likely N-dealkylation sites (N-methyl/N-ethyl adjacent to an activating group) is 1. The van der Waals surface area contributed by atoms with Crippen molar-refractivity contribution in [2.24, 2.45) is 4.99 Å². The molecule has 2 N–H and O–H groups in total. The molecule has 1 aromatic rings. The van der Waals surface area contributed by atoms with E-state index in [1.54, 1.807) is 20.4 Å². The van der Waals surface area contributed by atoms with Crippen LogP contribution in [0.5, 0.6) is 0 Å². The van der Waals surface area contributed by atoms with Gasteiger partial charge in [-0.2, -0.15) is 0 Å². The molecule has 0 aliphatic rings. The second-order valence-corrected chi connectivity index (χ2v) is 5.21. The number of nitrogens with zero attached hydrogens (tertiary/aromatic N) is 2. The molecule has 8 heteroatoms. The molecule has 0 amide bonds. The van der Waals surface area contributed by atoms with E-state index in [2.05, 4.69) is 27.6 Å². The van der Waals surface area contributed by atoms with Crippen LogP contribution < -0.4 is 10.6 Å². The van der Waals surface area contributed by atoms with E-state index in [0.717, 1.165) is 50.9 Å². The predicted octanol–water partition coefficient (Wildman–Crippen LogP) is 1.55. The van der Waals surface area contributed by atoms with E-state index in [-0.39, 0.29) is 24.0 Å². The Morgan fingerprint density at radius 3 is 2.71 bits per heavy atom. The average Bonchev–Trinajstić information content (AvgIpc) is 3.07. The Hall–Kier alpha value is -0.840. The van der Waals surface area contributed by atoms with E-state index >= 15 is 0 Å². The van der Waals surface area contributed by atoms with Crippen LogP contribution in [0.3, 0.4) is 0 Å². The zero-order chi connectivity index (χ0) is 16.8. The Morgan fingerprint density at radius 2 is 2.04 bits per heavy atom. The quantitative estimate of drug-likeness (QED) is 0.216. The molecule has 1 heterocycles. The van der Waals surface area contributed by atoms with Crippen molar-refractivity contribution in [3.05, 3.63) is 24.2 Å². The minimum absolute atomic E-state index is 0. The molecule has 7 nitrogen and oxygen atoms in total. The SMILES string of the molecule is CN=C(NCCCOCc1ccco1)NCCN(C)CCOC.I. The third kappa shape index (κ3) is 11.7. The normalized spacial score (nSPS) is 11.4. The smallest absolute Gasteiger partial charge is 0.191 e. The molecular formula is C16H31IN4O3. The van der Waals surface area contributed by atoms with Crippen molar-refractivity contribution in [2.75, 3.05) is 60.6 Å². The minimum atomic E-state index is 0. The van der Waals surface area contributed by atoms with Gasteiger partial charge in [-0.25, -0.2) is 0 Å². The zero-order valence-electron chi connectivity index (χ0n) is 14.9. The van der Waals surface area contributed by atoms with Crippen LogP contribution in [0.1, 0.15) is 12.2 Å². The largest absolute Gasteiger partial charge is 0.467 e. The van der Waals surface area contributed by atoms with E-state index in [9.17, 15) is 0 Å². The third-order valence-corrected chi connectivity index (χ3v) is 3.27. The molecular weight excluding hydrogens is 423 g/mol. The van der Waals surface area contributed by atoms with Gasteiger partial charge in [0.05, 0.1) is 12.9 Å². The second-order valence-electron chi connectivity index (χ2n) is 5.21. The maximum Gasteiger partial charge on any atom is 0.191 e. The van der Waals surface area contributed by atoms with Crippen LogP contribution in [0, 0.1) is 0 Å². The summed E-state index contributed by atoms with van der Waals surface area (Å²) in [4.78, 5) is 6.42. The van der Waals surface area contributed by atoms with Crippen molar-refractivity contribution in [3.8, 4) is 0 Å². The predicted molar refractivity (Wildman–Crippen MR) is 107 cm³/mol. The highest BCUT2D eigenvalue weighted by molar-refractivity contribution is 14.0. The molecule has 140 valence electrons. The maximum atomic E-state index is 5.53. The summed E-state index contributed by atoms with van der Waals surface area (Å²) in [5, 5.41) is 6.56. The minimum Gasteiger partial charge on any atom is -0.467 e. The van der Waals surface area contributed by atoms with Gasteiger partial charge in [0.25, 0.3) is 0 Å². The molecule has 0 unspecified atom stereocenters. The van der Waals surface area contributed by atoms with E-state index in [1.165, 1.54) is 0 Å². The number of hydrogen-bond donors (Lipinski definition) is 2. The first-order chi connectivity index (χ1) is 11.3. The first-order valence-corrected chi connectivity index (χ1v) is 7.98. The Kier molecular flexibility index (Phi) is 15.1. The van der Waals surface area contributed by atoms with Crippen molar-refractivity contribution in [1.29, 1.82) is 0 Å². The van der Waals surface area contributed by atoms with Gasteiger partial charge in [-0.3, -0.25) is 4.99 Å². The number of methoxy groups -OCH3 is 1. The summed E-state index contributed by atoms with van der Waals surface area (Å²) in [5.74, 6) is 1.67. The molecule has 0 fully saturated rings. The summed E-state index contributed by atoms with van der Waals surface area (Å²) in [6, 6.07) is 3.77. The molecule has 0 spiro atoms. The number of guanidine groups is 1. The fourth-order valence-corrected chi connectivity index (χ4v) is 1.89. The number of ether oxygens (including phenoxy) is 2. The molecule has 0 saturated heterocycles. The number of rotatable bonds is 12. The van der Waals surface area contributed by atoms with Gasteiger partial charge in [0, 0.05) is 46.9 Å². The monoisotopic (exact) mass is 454 g/mol. The molecule has 24 heavy (non-hydrogen) atoms. The Labute approximate surface area is 162 Å². The number of aliphatic imine (C=N–C) groups is 1. The molecule has 0 aliphatic heterocycles. The van der Waals surface area contributed by atoms with Gasteiger partial charge in [-0.15, -0.1) is 24.0 Å². The third-order valence-electron chi connectivity index (χ3n) is 3.27. The summed E-state index contributed by atoms with van der Waals surface area (Å²) in [6.07, 6.45) is 2.57. The molecule has 0 bridgehead atoms. The van der Waals surface area contributed by atoms with E-state index < -0.39 is 0 Å². The first kappa shape index (κ1) is 23.2.